The third-order valence-corrected chi connectivity index (χ3v) is 4.02. The molecule has 1 unspecified atom stereocenters. The van der Waals surface area contributed by atoms with Crippen LogP contribution in [-0.2, 0) is 10.1 Å². The van der Waals surface area contributed by atoms with E-state index in [0.29, 0.717) is 24.0 Å². The summed E-state index contributed by atoms with van der Waals surface area (Å²) in [5, 5.41) is 0.443. The lowest BCUT2D eigenvalue weighted by Gasteiger charge is -2.27. The predicted molar refractivity (Wildman–Crippen MR) is 75.9 cm³/mol. The predicted octanol–water partition coefficient (Wildman–Crippen LogP) is 3.87. The Hall–Kier alpha value is -0.680. The third-order valence-electron chi connectivity index (χ3n) is 3.38. The van der Waals surface area contributed by atoms with Gasteiger partial charge in [-0.25, -0.2) is 8.78 Å². The summed E-state index contributed by atoms with van der Waals surface area (Å²) < 4.78 is 33.7. The molecule has 0 saturated carbocycles. The summed E-state index contributed by atoms with van der Waals surface area (Å²) in [6.07, 6.45) is 2.06. The highest BCUT2D eigenvalue weighted by molar-refractivity contribution is 9.08. The van der Waals surface area contributed by atoms with Gasteiger partial charge in [-0.15, -0.1) is 0 Å². The quantitative estimate of drug-likeness (QED) is 0.758. The van der Waals surface area contributed by atoms with Crippen LogP contribution in [0.5, 0.6) is 0 Å². The normalized spacial score (nSPS) is 18.8. The van der Waals surface area contributed by atoms with Crippen LogP contribution < -0.4 is 4.90 Å². The largest absolute Gasteiger partial charge is 0.376 e. The average Bonchev–Trinajstić information content (AvgIpc) is 2.89. The number of alkyl halides is 1. The fourth-order valence-corrected chi connectivity index (χ4v) is 2.73. The molecule has 1 heterocycles. The summed E-state index contributed by atoms with van der Waals surface area (Å²) in [6, 6.07) is 2.76. The molecule has 0 N–H and O–H groups in total. The molecular weight excluding hydrogens is 316 g/mol. The molecule has 1 aliphatic heterocycles. The van der Waals surface area contributed by atoms with Gasteiger partial charge in [0.2, 0.25) is 0 Å². The average molecular weight is 334 g/mol. The Bertz CT molecular complexity index is 412. The molecular formula is C14H18BrF2NO. The molecule has 19 heavy (non-hydrogen) atoms. The Morgan fingerprint density at radius 1 is 1.37 bits per heavy atom. The van der Waals surface area contributed by atoms with E-state index in [1.165, 1.54) is 12.1 Å². The van der Waals surface area contributed by atoms with Crippen LogP contribution >= 0.6 is 15.9 Å². The van der Waals surface area contributed by atoms with Crippen LogP contribution in [0.3, 0.4) is 0 Å². The van der Waals surface area contributed by atoms with Crippen molar-refractivity contribution in [2.24, 2.45) is 0 Å². The van der Waals surface area contributed by atoms with E-state index < -0.39 is 11.6 Å². The number of anilines is 1. The van der Waals surface area contributed by atoms with E-state index in [2.05, 4.69) is 15.9 Å². The van der Waals surface area contributed by atoms with E-state index in [4.69, 9.17) is 4.74 Å². The molecule has 0 amide bonds. The lowest BCUT2D eigenvalue weighted by Crippen LogP contribution is -2.33. The molecule has 106 valence electrons. The molecule has 0 aromatic heterocycles. The van der Waals surface area contributed by atoms with Crippen molar-refractivity contribution in [3.63, 3.8) is 0 Å². The second-order valence-corrected chi connectivity index (χ2v) is 5.28. The van der Waals surface area contributed by atoms with Crippen molar-refractivity contribution in [3.05, 3.63) is 29.3 Å². The van der Waals surface area contributed by atoms with Gasteiger partial charge >= 0.3 is 0 Å². The Kier molecular flexibility index (Phi) is 5.16. The van der Waals surface area contributed by atoms with Crippen LogP contribution in [0.1, 0.15) is 25.3 Å². The first kappa shape index (κ1) is 14.7. The summed E-state index contributed by atoms with van der Waals surface area (Å²) in [7, 11) is 0. The zero-order valence-electron chi connectivity index (χ0n) is 11.0. The minimum absolute atomic E-state index is 0.0581. The van der Waals surface area contributed by atoms with Gasteiger partial charge in [0, 0.05) is 25.0 Å². The molecule has 0 bridgehead atoms. The van der Waals surface area contributed by atoms with E-state index in [-0.39, 0.29) is 11.8 Å². The van der Waals surface area contributed by atoms with Gasteiger partial charge in [0.1, 0.15) is 17.3 Å². The number of benzene rings is 1. The van der Waals surface area contributed by atoms with E-state index in [1.807, 2.05) is 6.92 Å². The first-order chi connectivity index (χ1) is 9.15. The molecule has 0 radical (unpaired) electrons. The number of ether oxygens (including phenoxy) is 1. The number of nitrogens with zero attached hydrogens (tertiary/aromatic N) is 1. The highest BCUT2D eigenvalue weighted by Crippen LogP contribution is 2.27. The highest BCUT2D eigenvalue weighted by Gasteiger charge is 2.23. The van der Waals surface area contributed by atoms with Crippen molar-refractivity contribution in [1.29, 1.82) is 0 Å². The van der Waals surface area contributed by atoms with Crippen molar-refractivity contribution in [2.45, 2.75) is 31.2 Å². The topological polar surface area (TPSA) is 12.5 Å². The lowest BCUT2D eigenvalue weighted by molar-refractivity contribution is 0.115. The maximum atomic E-state index is 14.1. The Morgan fingerprint density at radius 2 is 2.05 bits per heavy atom. The van der Waals surface area contributed by atoms with Gasteiger partial charge in [0.15, 0.2) is 0 Å². The Balaban J connectivity index is 2.21. The summed E-state index contributed by atoms with van der Waals surface area (Å²) >= 11 is 3.21. The molecule has 1 saturated heterocycles. The van der Waals surface area contributed by atoms with E-state index >= 15 is 0 Å². The molecule has 2 nitrogen and oxygen atoms in total. The number of hydrogen-bond acceptors (Lipinski definition) is 2. The van der Waals surface area contributed by atoms with Crippen molar-refractivity contribution in [3.8, 4) is 0 Å². The Labute approximate surface area is 120 Å². The minimum atomic E-state index is -0.505. The molecule has 1 atom stereocenters. The number of rotatable bonds is 5. The number of likely N-dealkylation sites (N-methyl/N-ethyl adjacent to an activating group) is 1. The van der Waals surface area contributed by atoms with Crippen LogP contribution in [0, 0.1) is 11.6 Å². The van der Waals surface area contributed by atoms with Crippen molar-refractivity contribution in [1.82, 2.24) is 0 Å². The SMILES string of the molecule is CCN(CC1CCCO1)c1c(F)cc(CBr)cc1F. The zero-order chi connectivity index (χ0) is 13.8. The van der Waals surface area contributed by atoms with Crippen LogP contribution in [0.15, 0.2) is 12.1 Å². The molecule has 0 spiro atoms. The first-order valence-corrected chi connectivity index (χ1v) is 7.68. The second kappa shape index (κ2) is 6.66. The minimum Gasteiger partial charge on any atom is -0.376 e. The number of hydrogen-bond donors (Lipinski definition) is 0. The van der Waals surface area contributed by atoms with Crippen LogP contribution in [0.4, 0.5) is 14.5 Å². The highest BCUT2D eigenvalue weighted by atomic mass is 79.9. The summed E-state index contributed by atoms with van der Waals surface area (Å²) in [5.74, 6) is -1.01. The molecule has 1 aromatic rings. The van der Waals surface area contributed by atoms with Gasteiger partial charge in [-0.05, 0) is 37.5 Å². The smallest absolute Gasteiger partial charge is 0.149 e. The molecule has 1 fully saturated rings. The Morgan fingerprint density at radius 3 is 2.53 bits per heavy atom. The van der Waals surface area contributed by atoms with Crippen LogP contribution in [0.2, 0.25) is 0 Å². The van der Waals surface area contributed by atoms with Gasteiger partial charge in [-0.1, -0.05) is 15.9 Å². The lowest BCUT2D eigenvalue weighted by atomic mass is 10.1. The van der Waals surface area contributed by atoms with E-state index in [1.54, 1.807) is 4.90 Å². The monoisotopic (exact) mass is 333 g/mol. The standard InChI is InChI=1S/C14H18BrF2NO/c1-2-18(9-11-4-3-5-19-11)14-12(16)6-10(8-15)7-13(14)17/h6-7,11H,2-5,8-9H2,1H3. The molecule has 1 aliphatic rings. The van der Waals surface area contributed by atoms with Gasteiger partial charge < -0.3 is 9.64 Å². The number of halogens is 3. The van der Waals surface area contributed by atoms with Crippen molar-refractivity contribution in [2.75, 3.05) is 24.6 Å². The molecule has 2 rings (SSSR count). The van der Waals surface area contributed by atoms with Gasteiger partial charge in [0.05, 0.1) is 6.10 Å². The first-order valence-electron chi connectivity index (χ1n) is 6.56. The molecule has 1 aromatic carbocycles. The fraction of sp³-hybridized carbons (Fsp3) is 0.571. The summed E-state index contributed by atoms with van der Waals surface area (Å²) in [6.45, 7) is 3.74. The second-order valence-electron chi connectivity index (χ2n) is 4.72. The van der Waals surface area contributed by atoms with Crippen LogP contribution in [0.25, 0.3) is 0 Å². The van der Waals surface area contributed by atoms with Crippen LogP contribution in [-0.4, -0.2) is 25.8 Å². The van der Waals surface area contributed by atoms with Gasteiger partial charge in [-0.3, -0.25) is 0 Å². The van der Waals surface area contributed by atoms with Gasteiger partial charge in [0.25, 0.3) is 0 Å². The maximum Gasteiger partial charge on any atom is 0.149 e. The van der Waals surface area contributed by atoms with Crippen molar-refractivity contribution < 1.29 is 13.5 Å². The summed E-state index contributed by atoms with van der Waals surface area (Å²) in [4.78, 5) is 1.72. The maximum absolute atomic E-state index is 14.1. The fourth-order valence-electron chi connectivity index (χ4n) is 2.41. The van der Waals surface area contributed by atoms with Crippen molar-refractivity contribution >= 4 is 21.6 Å². The molecule has 5 heteroatoms. The van der Waals surface area contributed by atoms with E-state index in [0.717, 1.165) is 19.4 Å². The third kappa shape index (κ3) is 3.45. The summed E-state index contributed by atoms with van der Waals surface area (Å²) in [5.41, 5.74) is 0.662. The molecule has 0 aliphatic carbocycles. The van der Waals surface area contributed by atoms with Gasteiger partial charge in [-0.2, -0.15) is 0 Å². The zero-order valence-corrected chi connectivity index (χ0v) is 12.6. The van der Waals surface area contributed by atoms with E-state index in [9.17, 15) is 8.78 Å².